The molecule has 156 valence electrons. The van der Waals surface area contributed by atoms with Crippen LogP contribution in [-0.2, 0) is 0 Å². The Hall–Kier alpha value is -4.18. The summed E-state index contributed by atoms with van der Waals surface area (Å²) in [6.07, 6.45) is 10.8. The van der Waals surface area contributed by atoms with Crippen LogP contribution in [0.2, 0.25) is 0 Å². The van der Waals surface area contributed by atoms with E-state index in [1.165, 1.54) is 0 Å². The lowest BCUT2D eigenvalue weighted by molar-refractivity contribution is 0.0995. The van der Waals surface area contributed by atoms with Crippen molar-refractivity contribution in [2.24, 2.45) is 5.73 Å². The lowest BCUT2D eigenvalue weighted by atomic mass is 10.2. The van der Waals surface area contributed by atoms with Gasteiger partial charge in [-0.3, -0.25) is 9.20 Å². The summed E-state index contributed by atoms with van der Waals surface area (Å²) >= 11 is 0. The van der Waals surface area contributed by atoms with Gasteiger partial charge in [0.05, 0.1) is 18.2 Å². The van der Waals surface area contributed by atoms with Gasteiger partial charge in [-0.25, -0.2) is 20.0 Å². The highest BCUT2D eigenvalue weighted by atomic mass is 16.1. The van der Waals surface area contributed by atoms with Gasteiger partial charge in [-0.1, -0.05) is 0 Å². The topological polar surface area (TPSA) is 110 Å². The molecule has 3 N–H and O–H groups in total. The van der Waals surface area contributed by atoms with E-state index < -0.39 is 5.91 Å². The van der Waals surface area contributed by atoms with Gasteiger partial charge in [-0.15, -0.1) is 0 Å². The highest BCUT2D eigenvalue weighted by molar-refractivity contribution is 5.92. The van der Waals surface area contributed by atoms with Crippen LogP contribution in [0.3, 0.4) is 0 Å². The van der Waals surface area contributed by atoms with Crippen molar-refractivity contribution in [1.29, 1.82) is 0 Å². The number of fused-ring (bicyclic) bond motifs is 1. The number of benzene rings is 1. The summed E-state index contributed by atoms with van der Waals surface area (Å²) in [6, 6.07) is 7.78. The van der Waals surface area contributed by atoms with Gasteiger partial charge in [-0.05, 0) is 24.3 Å². The smallest absolute Gasteiger partial charge is 0.268 e. The minimum atomic E-state index is -0.602. The predicted molar refractivity (Wildman–Crippen MR) is 117 cm³/mol. The van der Waals surface area contributed by atoms with Gasteiger partial charge in [0.2, 0.25) is 0 Å². The van der Waals surface area contributed by atoms with Gasteiger partial charge in [0.15, 0.2) is 11.5 Å². The average molecular weight is 415 g/mol. The number of aromatic nitrogens is 5. The Morgan fingerprint density at radius 3 is 2.65 bits per heavy atom. The number of rotatable bonds is 5. The SMILES string of the molecule is CN1C=C(c2cnc3c(Nc4ccc(-n5ccnc5)cc4)nc(C(N)=O)cn23)CN1C. The number of primary amides is 1. The number of carbonyl (C=O) groups is 1. The van der Waals surface area contributed by atoms with Gasteiger partial charge in [0.25, 0.3) is 5.91 Å². The number of hydrazine groups is 1. The molecule has 1 amide bonds. The van der Waals surface area contributed by atoms with E-state index in [0.29, 0.717) is 11.5 Å². The monoisotopic (exact) mass is 415 g/mol. The van der Waals surface area contributed by atoms with Gasteiger partial charge in [0, 0.05) is 62.4 Å². The van der Waals surface area contributed by atoms with Crippen LogP contribution in [0.25, 0.3) is 16.9 Å². The molecule has 0 aliphatic carbocycles. The number of carbonyl (C=O) groups excluding carboxylic acids is 1. The van der Waals surface area contributed by atoms with E-state index in [1.807, 2.05) is 64.7 Å². The average Bonchev–Trinajstić information content (AvgIpc) is 3.49. The molecule has 0 saturated heterocycles. The van der Waals surface area contributed by atoms with Crippen molar-refractivity contribution in [2.45, 2.75) is 0 Å². The number of hydrogen-bond donors (Lipinski definition) is 2. The van der Waals surface area contributed by atoms with Gasteiger partial charge in [0.1, 0.15) is 5.69 Å². The van der Waals surface area contributed by atoms with Crippen molar-refractivity contribution >= 4 is 28.6 Å². The molecule has 0 bridgehead atoms. The van der Waals surface area contributed by atoms with Crippen molar-refractivity contribution in [1.82, 2.24) is 33.9 Å². The van der Waals surface area contributed by atoms with Crippen LogP contribution in [0.15, 0.2) is 61.6 Å². The number of nitrogens with two attached hydrogens (primary N) is 1. The Kier molecular flexibility index (Phi) is 4.41. The summed E-state index contributed by atoms with van der Waals surface area (Å²) in [6.45, 7) is 0.733. The van der Waals surface area contributed by atoms with E-state index in [2.05, 4.69) is 25.3 Å². The molecule has 5 rings (SSSR count). The van der Waals surface area contributed by atoms with Crippen molar-refractivity contribution in [2.75, 3.05) is 26.0 Å². The molecule has 1 aromatic carbocycles. The Morgan fingerprint density at radius 1 is 1.19 bits per heavy atom. The number of anilines is 2. The zero-order valence-electron chi connectivity index (χ0n) is 17.1. The van der Waals surface area contributed by atoms with Crippen LogP contribution < -0.4 is 11.1 Å². The summed E-state index contributed by atoms with van der Waals surface area (Å²) in [5.74, 6) is -0.145. The van der Waals surface area contributed by atoms with Gasteiger partial charge >= 0.3 is 0 Å². The van der Waals surface area contributed by atoms with Crippen LogP contribution in [0.4, 0.5) is 11.5 Å². The number of likely N-dealkylation sites (N-methyl/N-ethyl adjacent to an activating group) is 1. The van der Waals surface area contributed by atoms with E-state index in [-0.39, 0.29) is 5.69 Å². The molecule has 4 aromatic rings. The van der Waals surface area contributed by atoms with E-state index in [0.717, 1.165) is 29.2 Å². The third kappa shape index (κ3) is 3.38. The molecule has 0 atom stereocenters. The first kappa shape index (κ1) is 18.8. The summed E-state index contributed by atoms with van der Waals surface area (Å²) in [7, 11) is 3.98. The molecule has 1 aliphatic rings. The molecule has 0 saturated carbocycles. The second-order valence-corrected chi connectivity index (χ2v) is 7.36. The van der Waals surface area contributed by atoms with Crippen LogP contribution in [0.1, 0.15) is 16.2 Å². The maximum absolute atomic E-state index is 11.9. The lowest BCUT2D eigenvalue weighted by Crippen LogP contribution is -2.27. The van der Waals surface area contributed by atoms with Crippen LogP contribution in [-0.4, -0.2) is 60.5 Å². The molecule has 0 spiro atoms. The molecule has 10 nitrogen and oxygen atoms in total. The Labute approximate surface area is 178 Å². The number of imidazole rings is 2. The fraction of sp³-hybridized carbons (Fsp3) is 0.143. The minimum Gasteiger partial charge on any atom is -0.364 e. The van der Waals surface area contributed by atoms with Gasteiger partial charge in [-0.2, -0.15) is 0 Å². The zero-order chi connectivity index (χ0) is 21.5. The Balaban J connectivity index is 1.54. The molecule has 0 unspecified atom stereocenters. The molecule has 3 aromatic heterocycles. The Bertz CT molecular complexity index is 1290. The number of amides is 1. The second-order valence-electron chi connectivity index (χ2n) is 7.36. The van der Waals surface area contributed by atoms with E-state index in [4.69, 9.17) is 5.73 Å². The number of nitrogens with zero attached hydrogens (tertiary/aromatic N) is 7. The molecule has 1 aliphatic heterocycles. The first-order valence-electron chi connectivity index (χ1n) is 9.68. The molecule has 4 heterocycles. The van der Waals surface area contributed by atoms with E-state index >= 15 is 0 Å². The summed E-state index contributed by atoms with van der Waals surface area (Å²) < 4.78 is 3.77. The molecule has 0 fully saturated rings. The zero-order valence-corrected chi connectivity index (χ0v) is 17.1. The second kappa shape index (κ2) is 7.26. The first-order valence-corrected chi connectivity index (χ1v) is 9.68. The minimum absolute atomic E-state index is 0.157. The van der Waals surface area contributed by atoms with E-state index in [1.54, 1.807) is 24.9 Å². The van der Waals surface area contributed by atoms with Gasteiger partial charge < -0.3 is 20.6 Å². The largest absolute Gasteiger partial charge is 0.364 e. The highest BCUT2D eigenvalue weighted by Crippen LogP contribution is 2.27. The maximum atomic E-state index is 11.9. The van der Waals surface area contributed by atoms with Crippen molar-refractivity contribution in [3.05, 3.63) is 73.0 Å². The van der Waals surface area contributed by atoms with Crippen LogP contribution in [0, 0.1) is 0 Å². The lowest BCUT2D eigenvalue weighted by Gasteiger charge is -2.18. The van der Waals surface area contributed by atoms with Crippen molar-refractivity contribution in [3.8, 4) is 5.69 Å². The first-order chi connectivity index (χ1) is 15.0. The third-order valence-electron chi connectivity index (χ3n) is 5.29. The normalized spacial score (nSPS) is 14.3. The highest BCUT2D eigenvalue weighted by Gasteiger charge is 2.21. The summed E-state index contributed by atoms with van der Waals surface area (Å²) in [5, 5.41) is 7.35. The predicted octanol–water partition coefficient (Wildman–Crippen LogP) is 1.89. The Morgan fingerprint density at radius 2 is 2.00 bits per heavy atom. The number of nitrogens with one attached hydrogen (secondary N) is 1. The summed E-state index contributed by atoms with van der Waals surface area (Å²) in [4.78, 5) is 25.0. The summed E-state index contributed by atoms with van der Waals surface area (Å²) in [5.41, 5.74) is 10.1. The third-order valence-corrected chi connectivity index (χ3v) is 5.29. The van der Waals surface area contributed by atoms with Crippen molar-refractivity contribution < 1.29 is 4.79 Å². The number of hydrogen-bond acceptors (Lipinski definition) is 7. The fourth-order valence-electron chi connectivity index (χ4n) is 3.56. The molecule has 10 heteroatoms. The molecular formula is C21H21N9O. The standard InChI is InChI=1S/C21H21N9O/c1-27-10-14(11-28(27)2)18-9-24-21-20(26-17(19(22)31)12-30(18)21)25-15-3-5-16(6-4-15)29-8-7-23-13-29/h3-10,12-13H,11H2,1-2H3,(H2,22,31)(H,25,26). The maximum Gasteiger partial charge on any atom is 0.268 e. The quantitative estimate of drug-likeness (QED) is 0.512. The molecular weight excluding hydrogens is 394 g/mol. The molecule has 31 heavy (non-hydrogen) atoms. The fourth-order valence-corrected chi connectivity index (χ4v) is 3.56. The van der Waals surface area contributed by atoms with Crippen LogP contribution >= 0.6 is 0 Å². The van der Waals surface area contributed by atoms with Crippen LogP contribution in [0.5, 0.6) is 0 Å². The molecule has 0 radical (unpaired) electrons. The van der Waals surface area contributed by atoms with Crippen molar-refractivity contribution in [3.63, 3.8) is 0 Å². The van der Waals surface area contributed by atoms with E-state index in [9.17, 15) is 4.79 Å².